The second-order valence-corrected chi connectivity index (χ2v) is 3.04. The van der Waals surface area contributed by atoms with E-state index in [0.717, 1.165) is 19.3 Å². The molecule has 0 fully saturated rings. The SMILES string of the molecule is CCC(=O)CCCCCOC(C)=O. The average Bonchev–Trinajstić information content (AvgIpc) is 2.10. The Morgan fingerprint density at radius 1 is 1.15 bits per heavy atom. The minimum atomic E-state index is -0.232. The molecule has 0 saturated heterocycles. The first-order valence-corrected chi connectivity index (χ1v) is 4.82. The maximum Gasteiger partial charge on any atom is 0.302 e. The van der Waals surface area contributed by atoms with Crippen molar-refractivity contribution < 1.29 is 14.3 Å². The van der Waals surface area contributed by atoms with Crippen LogP contribution >= 0.6 is 0 Å². The number of ether oxygens (including phenoxy) is 1. The molecular formula is C10H18O3. The molecule has 0 atom stereocenters. The van der Waals surface area contributed by atoms with Gasteiger partial charge in [0.25, 0.3) is 0 Å². The first kappa shape index (κ1) is 12.1. The van der Waals surface area contributed by atoms with E-state index in [-0.39, 0.29) is 5.97 Å². The Labute approximate surface area is 79.5 Å². The molecule has 0 aliphatic carbocycles. The molecule has 3 heteroatoms. The van der Waals surface area contributed by atoms with Gasteiger partial charge in [-0.3, -0.25) is 9.59 Å². The van der Waals surface area contributed by atoms with Crippen molar-refractivity contribution in [3.8, 4) is 0 Å². The van der Waals surface area contributed by atoms with Crippen molar-refractivity contribution in [2.75, 3.05) is 6.61 Å². The van der Waals surface area contributed by atoms with E-state index in [2.05, 4.69) is 0 Å². The highest BCUT2D eigenvalue weighted by Gasteiger charge is 1.98. The topological polar surface area (TPSA) is 43.4 Å². The fourth-order valence-electron chi connectivity index (χ4n) is 0.994. The molecular weight excluding hydrogens is 168 g/mol. The summed E-state index contributed by atoms with van der Waals surface area (Å²) < 4.78 is 4.75. The Morgan fingerprint density at radius 2 is 1.85 bits per heavy atom. The molecule has 76 valence electrons. The van der Waals surface area contributed by atoms with Crippen molar-refractivity contribution in [1.29, 1.82) is 0 Å². The van der Waals surface area contributed by atoms with Gasteiger partial charge in [0, 0.05) is 19.8 Å². The van der Waals surface area contributed by atoms with Crippen molar-refractivity contribution in [2.24, 2.45) is 0 Å². The van der Waals surface area contributed by atoms with E-state index in [1.54, 1.807) is 0 Å². The number of carbonyl (C=O) groups excluding carboxylic acids is 2. The van der Waals surface area contributed by atoms with E-state index in [4.69, 9.17) is 4.74 Å². The van der Waals surface area contributed by atoms with E-state index in [9.17, 15) is 9.59 Å². The predicted molar refractivity (Wildman–Crippen MR) is 50.4 cm³/mol. The van der Waals surface area contributed by atoms with Crippen LogP contribution in [0.4, 0.5) is 0 Å². The Bertz CT molecular complexity index is 164. The zero-order valence-corrected chi connectivity index (χ0v) is 8.47. The van der Waals surface area contributed by atoms with Gasteiger partial charge in [-0.05, 0) is 19.3 Å². The highest BCUT2D eigenvalue weighted by atomic mass is 16.5. The fourth-order valence-corrected chi connectivity index (χ4v) is 0.994. The minimum absolute atomic E-state index is 0.232. The average molecular weight is 186 g/mol. The summed E-state index contributed by atoms with van der Waals surface area (Å²) >= 11 is 0. The molecule has 0 heterocycles. The largest absolute Gasteiger partial charge is 0.466 e. The molecule has 0 bridgehead atoms. The van der Waals surface area contributed by atoms with E-state index in [1.165, 1.54) is 6.92 Å². The Morgan fingerprint density at radius 3 is 2.38 bits per heavy atom. The van der Waals surface area contributed by atoms with Gasteiger partial charge in [-0.1, -0.05) is 6.92 Å². The number of esters is 1. The molecule has 0 unspecified atom stereocenters. The van der Waals surface area contributed by atoms with Crippen molar-refractivity contribution in [3.05, 3.63) is 0 Å². The number of hydrogen-bond acceptors (Lipinski definition) is 3. The van der Waals surface area contributed by atoms with Gasteiger partial charge in [-0.2, -0.15) is 0 Å². The molecule has 3 nitrogen and oxygen atoms in total. The molecule has 0 aromatic carbocycles. The zero-order chi connectivity index (χ0) is 10.1. The third-order valence-electron chi connectivity index (χ3n) is 1.80. The molecule has 13 heavy (non-hydrogen) atoms. The summed E-state index contributed by atoms with van der Waals surface area (Å²) in [6.07, 6.45) is 4.02. The summed E-state index contributed by atoms with van der Waals surface area (Å²) in [5.74, 6) is 0.0807. The summed E-state index contributed by atoms with van der Waals surface area (Å²) in [5.41, 5.74) is 0. The van der Waals surface area contributed by atoms with Crippen LogP contribution in [-0.4, -0.2) is 18.4 Å². The third kappa shape index (κ3) is 9.05. The maximum absolute atomic E-state index is 10.9. The lowest BCUT2D eigenvalue weighted by atomic mass is 10.1. The van der Waals surface area contributed by atoms with Gasteiger partial charge in [0.05, 0.1) is 6.61 Å². The summed E-state index contributed by atoms with van der Waals surface area (Å²) in [5, 5.41) is 0. The number of hydrogen-bond donors (Lipinski definition) is 0. The summed E-state index contributed by atoms with van der Waals surface area (Å²) in [4.78, 5) is 21.2. The zero-order valence-electron chi connectivity index (χ0n) is 8.47. The first-order valence-electron chi connectivity index (χ1n) is 4.82. The van der Waals surface area contributed by atoms with Gasteiger partial charge >= 0.3 is 5.97 Å². The lowest BCUT2D eigenvalue weighted by Crippen LogP contribution is -2.01. The Hall–Kier alpha value is -0.860. The highest BCUT2D eigenvalue weighted by Crippen LogP contribution is 2.02. The standard InChI is InChI=1S/C10H18O3/c1-3-10(12)7-5-4-6-8-13-9(2)11/h3-8H2,1-2H3. The van der Waals surface area contributed by atoms with Gasteiger partial charge < -0.3 is 4.74 Å². The lowest BCUT2D eigenvalue weighted by Gasteiger charge is -2.00. The van der Waals surface area contributed by atoms with Crippen LogP contribution in [0.25, 0.3) is 0 Å². The van der Waals surface area contributed by atoms with Crippen molar-refractivity contribution in [3.63, 3.8) is 0 Å². The van der Waals surface area contributed by atoms with Crippen LogP contribution in [-0.2, 0) is 14.3 Å². The van der Waals surface area contributed by atoms with Gasteiger partial charge in [0.2, 0.25) is 0 Å². The minimum Gasteiger partial charge on any atom is -0.466 e. The summed E-state index contributed by atoms with van der Waals surface area (Å²) in [6.45, 7) is 3.76. The normalized spacial score (nSPS) is 9.69. The van der Waals surface area contributed by atoms with E-state index >= 15 is 0 Å². The Kier molecular flexibility index (Phi) is 7.26. The van der Waals surface area contributed by atoms with E-state index < -0.39 is 0 Å². The van der Waals surface area contributed by atoms with Crippen LogP contribution < -0.4 is 0 Å². The molecule has 0 aromatic heterocycles. The molecule has 0 aliphatic rings. The van der Waals surface area contributed by atoms with Crippen LogP contribution in [0.1, 0.15) is 46.0 Å². The van der Waals surface area contributed by atoms with Gasteiger partial charge in [0.1, 0.15) is 5.78 Å². The van der Waals surface area contributed by atoms with Crippen molar-refractivity contribution in [1.82, 2.24) is 0 Å². The van der Waals surface area contributed by atoms with Gasteiger partial charge in [0.15, 0.2) is 0 Å². The summed E-state index contributed by atoms with van der Waals surface area (Å²) in [6, 6.07) is 0. The molecule has 0 amide bonds. The molecule has 0 aliphatic heterocycles. The van der Waals surface area contributed by atoms with E-state index in [0.29, 0.717) is 25.2 Å². The van der Waals surface area contributed by atoms with Crippen molar-refractivity contribution in [2.45, 2.75) is 46.0 Å². The maximum atomic E-state index is 10.9. The van der Waals surface area contributed by atoms with Gasteiger partial charge in [-0.15, -0.1) is 0 Å². The van der Waals surface area contributed by atoms with Crippen LogP contribution in [0.2, 0.25) is 0 Å². The molecule has 0 radical (unpaired) electrons. The van der Waals surface area contributed by atoms with Crippen LogP contribution in [0.5, 0.6) is 0 Å². The molecule has 0 aromatic rings. The van der Waals surface area contributed by atoms with E-state index in [1.807, 2.05) is 6.92 Å². The van der Waals surface area contributed by atoms with Crippen molar-refractivity contribution >= 4 is 11.8 Å². The number of ketones is 1. The number of rotatable bonds is 7. The number of unbranched alkanes of at least 4 members (excludes halogenated alkanes) is 2. The van der Waals surface area contributed by atoms with Crippen LogP contribution in [0.15, 0.2) is 0 Å². The molecule has 0 spiro atoms. The molecule has 0 N–H and O–H groups in total. The lowest BCUT2D eigenvalue weighted by molar-refractivity contribution is -0.141. The number of carbonyl (C=O) groups is 2. The van der Waals surface area contributed by atoms with Crippen LogP contribution in [0, 0.1) is 0 Å². The summed E-state index contributed by atoms with van der Waals surface area (Å²) in [7, 11) is 0. The second kappa shape index (κ2) is 7.77. The molecule has 0 rings (SSSR count). The van der Waals surface area contributed by atoms with Crippen LogP contribution in [0.3, 0.4) is 0 Å². The predicted octanol–water partition coefficient (Wildman–Crippen LogP) is 2.09. The second-order valence-electron chi connectivity index (χ2n) is 3.04. The first-order chi connectivity index (χ1) is 6.16. The van der Waals surface area contributed by atoms with Gasteiger partial charge in [-0.25, -0.2) is 0 Å². The monoisotopic (exact) mass is 186 g/mol. The molecule has 0 saturated carbocycles. The smallest absolute Gasteiger partial charge is 0.302 e. The third-order valence-corrected chi connectivity index (χ3v) is 1.80. The Balaban J connectivity index is 3.08. The fraction of sp³-hybridized carbons (Fsp3) is 0.800. The highest BCUT2D eigenvalue weighted by molar-refractivity contribution is 5.77. The quantitative estimate of drug-likeness (QED) is 0.451. The number of Topliss-reactive ketones (excluding diaryl/α,β-unsaturated/α-hetero) is 1.